The second kappa shape index (κ2) is 9.60. The molecule has 0 spiro atoms. The van der Waals surface area contributed by atoms with Gasteiger partial charge in [0, 0.05) is 13.0 Å². The Morgan fingerprint density at radius 3 is 2.50 bits per heavy atom. The Balaban J connectivity index is 3.30. The number of hydrogen-bond acceptors (Lipinski definition) is 4. The third-order valence-electron chi connectivity index (χ3n) is 2.19. The largest absolute Gasteiger partial charge is 0.463 e. The van der Waals surface area contributed by atoms with Crippen LogP contribution in [0.15, 0.2) is 0 Å². The van der Waals surface area contributed by atoms with E-state index in [0.717, 1.165) is 6.42 Å². The van der Waals surface area contributed by atoms with Crippen molar-refractivity contribution in [1.29, 1.82) is 0 Å². The van der Waals surface area contributed by atoms with Gasteiger partial charge in [0.2, 0.25) is 0 Å². The predicted molar refractivity (Wildman–Crippen MR) is 64.1 cm³/mol. The van der Waals surface area contributed by atoms with Crippen LogP contribution in [0.2, 0.25) is 0 Å². The standard InChI is InChI=1S/C12H25NO3/c1-10(2)9-15-6-7-16-12(14)5-4-11(3)8-13/h10-11H,4-9,13H2,1-3H3. The highest BCUT2D eigenvalue weighted by atomic mass is 16.6. The number of esters is 1. The quantitative estimate of drug-likeness (QED) is 0.483. The summed E-state index contributed by atoms with van der Waals surface area (Å²) in [4.78, 5) is 11.2. The van der Waals surface area contributed by atoms with E-state index in [-0.39, 0.29) is 5.97 Å². The Hall–Kier alpha value is -0.610. The van der Waals surface area contributed by atoms with Gasteiger partial charge in [-0.1, -0.05) is 20.8 Å². The summed E-state index contributed by atoms with van der Waals surface area (Å²) < 4.78 is 10.3. The molecule has 0 heterocycles. The van der Waals surface area contributed by atoms with Gasteiger partial charge in [0.1, 0.15) is 6.61 Å². The summed E-state index contributed by atoms with van der Waals surface area (Å²) in [5, 5.41) is 0. The van der Waals surface area contributed by atoms with Crippen molar-refractivity contribution in [2.75, 3.05) is 26.4 Å². The molecule has 0 amide bonds. The molecule has 0 saturated heterocycles. The van der Waals surface area contributed by atoms with Gasteiger partial charge in [0.05, 0.1) is 6.61 Å². The Morgan fingerprint density at radius 2 is 1.94 bits per heavy atom. The summed E-state index contributed by atoms with van der Waals surface area (Å²) in [5.41, 5.74) is 5.45. The normalized spacial score (nSPS) is 12.8. The van der Waals surface area contributed by atoms with Gasteiger partial charge >= 0.3 is 5.97 Å². The molecule has 0 aliphatic heterocycles. The zero-order valence-corrected chi connectivity index (χ0v) is 10.7. The van der Waals surface area contributed by atoms with E-state index in [2.05, 4.69) is 13.8 Å². The Labute approximate surface area is 98.5 Å². The van der Waals surface area contributed by atoms with Gasteiger partial charge in [0.15, 0.2) is 0 Å². The summed E-state index contributed by atoms with van der Waals surface area (Å²) in [6.45, 7) is 8.35. The third-order valence-corrected chi connectivity index (χ3v) is 2.19. The molecular weight excluding hydrogens is 206 g/mol. The molecule has 16 heavy (non-hydrogen) atoms. The molecule has 96 valence electrons. The average Bonchev–Trinajstić information content (AvgIpc) is 2.24. The van der Waals surface area contributed by atoms with Crippen molar-refractivity contribution < 1.29 is 14.3 Å². The van der Waals surface area contributed by atoms with Crippen LogP contribution in [-0.2, 0) is 14.3 Å². The fourth-order valence-electron chi connectivity index (χ4n) is 1.09. The van der Waals surface area contributed by atoms with Crippen LogP contribution in [0.4, 0.5) is 0 Å². The minimum absolute atomic E-state index is 0.159. The van der Waals surface area contributed by atoms with E-state index in [9.17, 15) is 4.79 Å². The van der Waals surface area contributed by atoms with Crippen molar-refractivity contribution in [3.63, 3.8) is 0 Å². The monoisotopic (exact) mass is 231 g/mol. The summed E-state index contributed by atoms with van der Waals surface area (Å²) in [6.07, 6.45) is 1.24. The number of rotatable bonds is 9. The van der Waals surface area contributed by atoms with E-state index < -0.39 is 0 Å². The van der Waals surface area contributed by atoms with Crippen molar-refractivity contribution >= 4 is 5.97 Å². The maximum absolute atomic E-state index is 11.2. The Kier molecular flexibility index (Phi) is 9.24. The van der Waals surface area contributed by atoms with Gasteiger partial charge in [-0.05, 0) is 24.8 Å². The molecule has 0 aromatic rings. The lowest BCUT2D eigenvalue weighted by Gasteiger charge is -2.09. The van der Waals surface area contributed by atoms with Crippen LogP contribution in [0.5, 0.6) is 0 Å². The molecule has 0 bridgehead atoms. The molecule has 1 atom stereocenters. The maximum atomic E-state index is 11.2. The van der Waals surface area contributed by atoms with Crippen molar-refractivity contribution in [3.8, 4) is 0 Å². The topological polar surface area (TPSA) is 61.5 Å². The minimum Gasteiger partial charge on any atom is -0.463 e. The molecule has 0 saturated carbocycles. The Morgan fingerprint density at radius 1 is 1.25 bits per heavy atom. The van der Waals surface area contributed by atoms with E-state index in [0.29, 0.717) is 44.6 Å². The fourth-order valence-corrected chi connectivity index (χ4v) is 1.09. The predicted octanol–water partition coefficient (Wildman–Crippen LogP) is 1.58. The lowest BCUT2D eigenvalue weighted by atomic mass is 10.1. The maximum Gasteiger partial charge on any atom is 0.305 e. The van der Waals surface area contributed by atoms with Crippen molar-refractivity contribution in [1.82, 2.24) is 0 Å². The smallest absolute Gasteiger partial charge is 0.305 e. The second-order valence-corrected chi connectivity index (χ2v) is 4.57. The van der Waals surface area contributed by atoms with Gasteiger partial charge in [0.25, 0.3) is 0 Å². The molecule has 0 radical (unpaired) electrons. The first-order valence-corrected chi connectivity index (χ1v) is 5.99. The molecule has 4 nitrogen and oxygen atoms in total. The average molecular weight is 231 g/mol. The van der Waals surface area contributed by atoms with Crippen LogP contribution in [0.25, 0.3) is 0 Å². The molecule has 0 aromatic heterocycles. The van der Waals surface area contributed by atoms with Gasteiger partial charge in [-0.3, -0.25) is 4.79 Å². The Bertz CT molecular complexity index is 183. The van der Waals surface area contributed by atoms with Crippen molar-refractivity contribution in [2.24, 2.45) is 17.6 Å². The summed E-state index contributed by atoms with van der Waals surface area (Å²) >= 11 is 0. The highest BCUT2D eigenvalue weighted by Gasteiger charge is 2.06. The number of ether oxygens (including phenoxy) is 2. The number of carbonyl (C=O) groups excluding carboxylic acids is 1. The first kappa shape index (κ1) is 15.4. The van der Waals surface area contributed by atoms with Crippen LogP contribution in [0.1, 0.15) is 33.6 Å². The van der Waals surface area contributed by atoms with Crippen LogP contribution in [0, 0.1) is 11.8 Å². The number of nitrogens with two attached hydrogens (primary N) is 1. The van der Waals surface area contributed by atoms with Gasteiger partial charge in [-0.2, -0.15) is 0 Å². The third kappa shape index (κ3) is 9.93. The fraction of sp³-hybridized carbons (Fsp3) is 0.917. The van der Waals surface area contributed by atoms with E-state index >= 15 is 0 Å². The number of carbonyl (C=O) groups is 1. The van der Waals surface area contributed by atoms with E-state index in [4.69, 9.17) is 15.2 Å². The zero-order chi connectivity index (χ0) is 12.4. The lowest BCUT2D eigenvalue weighted by Crippen LogP contribution is -2.15. The van der Waals surface area contributed by atoms with Crippen LogP contribution < -0.4 is 5.73 Å². The van der Waals surface area contributed by atoms with E-state index in [1.807, 2.05) is 6.92 Å². The minimum atomic E-state index is -0.159. The first-order valence-electron chi connectivity index (χ1n) is 5.99. The van der Waals surface area contributed by atoms with Crippen LogP contribution in [-0.4, -0.2) is 32.3 Å². The molecule has 4 heteroatoms. The molecule has 0 fully saturated rings. The van der Waals surface area contributed by atoms with Gasteiger partial charge < -0.3 is 15.2 Å². The molecule has 2 N–H and O–H groups in total. The summed E-state index contributed by atoms with van der Waals surface area (Å²) in [6, 6.07) is 0. The van der Waals surface area contributed by atoms with Crippen molar-refractivity contribution in [3.05, 3.63) is 0 Å². The molecule has 0 aliphatic carbocycles. The van der Waals surface area contributed by atoms with Crippen LogP contribution in [0.3, 0.4) is 0 Å². The van der Waals surface area contributed by atoms with Gasteiger partial charge in [-0.25, -0.2) is 0 Å². The second-order valence-electron chi connectivity index (χ2n) is 4.57. The molecule has 0 rings (SSSR count). The highest BCUT2D eigenvalue weighted by Crippen LogP contribution is 2.04. The molecule has 0 aliphatic rings. The lowest BCUT2D eigenvalue weighted by molar-refractivity contribution is -0.145. The first-order chi connectivity index (χ1) is 7.56. The molecule has 1 unspecified atom stereocenters. The summed E-state index contributed by atoms with van der Waals surface area (Å²) in [5.74, 6) is 0.735. The highest BCUT2D eigenvalue weighted by molar-refractivity contribution is 5.69. The molecule has 0 aromatic carbocycles. The molecular formula is C12H25NO3. The van der Waals surface area contributed by atoms with Gasteiger partial charge in [-0.15, -0.1) is 0 Å². The van der Waals surface area contributed by atoms with E-state index in [1.54, 1.807) is 0 Å². The van der Waals surface area contributed by atoms with E-state index in [1.165, 1.54) is 0 Å². The van der Waals surface area contributed by atoms with Crippen molar-refractivity contribution in [2.45, 2.75) is 33.6 Å². The SMILES string of the molecule is CC(C)COCCOC(=O)CCC(C)CN. The summed E-state index contributed by atoms with van der Waals surface area (Å²) in [7, 11) is 0. The number of hydrogen-bond donors (Lipinski definition) is 1. The zero-order valence-electron chi connectivity index (χ0n) is 10.7. The van der Waals surface area contributed by atoms with Crippen LogP contribution >= 0.6 is 0 Å².